The molecule has 0 radical (unpaired) electrons. The summed E-state index contributed by atoms with van der Waals surface area (Å²) in [6.45, 7) is 0. The van der Waals surface area contributed by atoms with Gasteiger partial charge in [-0.25, -0.2) is 0 Å². The van der Waals surface area contributed by atoms with Gasteiger partial charge in [-0.15, -0.1) is 0 Å². The summed E-state index contributed by atoms with van der Waals surface area (Å²) >= 11 is 0.399. The van der Waals surface area contributed by atoms with Crippen LogP contribution in [0.25, 0.3) is 0 Å². The SMILES string of the molecule is C[Se]c1cccc2c1C(=O)c1c([Se]C)cccc1C2=O. The van der Waals surface area contributed by atoms with E-state index in [0.717, 1.165) is 8.92 Å². The molecule has 0 aromatic heterocycles. The van der Waals surface area contributed by atoms with E-state index < -0.39 is 0 Å². The molecule has 0 amide bonds. The first-order chi connectivity index (χ1) is 9.69. The molecule has 0 unspecified atom stereocenters. The number of carbonyl (C=O) groups excluding carboxylic acids is 2. The van der Waals surface area contributed by atoms with Crippen molar-refractivity contribution in [1.29, 1.82) is 0 Å². The fourth-order valence-corrected chi connectivity index (χ4v) is 5.13. The van der Waals surface area contributed by atoms with E-state index in [1.807, 2.05) is 24.3 Å². The van der Waals surface area contributed by atoms with Gasteiger partial charge in [0.1, 0.15) is 0 Å². The standard InChI is InChI=1S/C16H12O2Se2/c1-19-11-7-3-5-9-13(11)16(18)14-10(15(9)17)6-4-8-12(14)20-2/h3-8H,1-2H3. The molecule has 2 aromatic carbocycles. The molecule has 2 aromatic rings. The van der Waals surface area contributed by atoms with Gasteiger partial charge < -0.3 is 0 Å². The Kier molecular flexibility index (Phi) is 3.66. The van der Waals surface area contributed by atoms with Crippen LogP contribution in [-0.4, -0.2) is 41.5 Å². The summed E-state index contributed by atoms with van der Waals surface area (Å²) in [4.78, 5) is 25.5. The van der Waals surface area contributed by atoms with Crippen molar-refractivity contribution in [3.8, 4) is 0 Å². The third-order valence-electron chi connectivity index (χ3n) is 3.44. The number of ketones is 2. The van der Waals surface area contributed by atoms with Crippen LogP contribution in [0, 0.1) is 0 Å². The minimum absolute atomic E-state index is 0.00759. The van der Waals surface area contributed by atoms with Crippen LogP contribution < -0.4 is 8.92 Å². The fraction of sp³-hybridized carbons (Fsp3) is 0.125. The molecule has 3 rings (SSSR count). The Morgan fingerprint density at radius 3 is 1.55 bits per heavy atom. The molecule has 4 heteroatoms. The first kappa shape index (κ1) is 13.8. The molecule has 0 atom stereocenters. The summed E-state index contributed by atoms with van der Waals surface area (Å²) in [6.07, 6.45) is 0. The van der Waals surface area contributed by atoms with Gasteiger partial charge in [-0.2, -0.15) is 0 Å². The minimum atomic E-state index is -0.00759. The van der Waals surface area contributed by atoms with E-state index in [1.54, 1.807) is 12.1 Å². The van der Waals surface area contributed by atoms with Crippen LogP contribution in [0.15, 0.2) is 36.4 Å². The van der Waals surface area contributed by atoms with Crippen LogP contribution in [-0.2, 0) is 0 Å². The maximum atomic E-state index is 12.9. The van der Waals surface area contributed by atoms with E-state index in [-0.39, 0.29) is 41.5 Å². The number of rotatable bonds is 2. The summed E-state index contributed by atoms with van der Waals surface area (Å²) in [6, 6.07) is 11.2. The molecule has 1 aliphatic carbocycles. The molecular weight excluding hydrogens is 382 g/mol. The van der Waals surface area contributed by atoms with Gasteiger partial charge in [0.25, 0.3) is 0 Å². The van der Waals surface area contributed by atoms with Crippen LogP contribution in [0.2, 0.25) is 11.6 Å². The topological polar surface area (TPSA) is 34.1 Å². The van der Waals surface area contributed by atoms with E-state index >= 15 is 0 Å². The third-order valence-corrected chi connectivity index (χ3v) is 6.71. The Bertz CT molecular complexity index is 676. The van der Waals surface area contributed by atoms with Crippen LogP contribution in [0.3, 0.4) is 0 Å². The van der Waals surface area contributed by atoms with E-state index in [9.17, 15) is 9.59 Å². The number of hydrogen-bond acceptors (Lipinski definition) is 2. The molecule has 0 saturated heterocycles. The van der Waals surface area contributed by atoms with Crippen LogP contribution in [0.5, 0.6) is 0 Å². The molecule has 1 aliphatic rings. The summed E-state index contributed by atoms with van der Waals surface area (Å²) in [5.74, 6) is 4.18. The van der Waals surface area contributed by atoms with Gasteiger partial charge in [-0.3, -0.25) is 0 Å². The van der Waals surface area contributed by atoms with Gasteiger partial charge in [0.05, 0.1) is 0 Å². The van der Waals surface area contributed by atoms with Crippen molar-refractivity contribution >= 4 is 50.4 Å². The molecule has 0 fully saturated rings. The van der Waals surface area contributed by atoms with Gasteiger partial charge >= 0.3 is 130 Å². The summed E-state index contributed by atoms with van der Waals surface area (Å²) in [5, 5.41) is 0. The molecule has 0 saturated carbocycles. The third kappa shape index (κ3) is 1.92. The zero-order valence-corrected chi connectivity index (χ0v) is 14.5. The first-order valence-electron chi connectivity index (χ1n) is 6.12. The predicted octanol–water partition coefficient (Wildman–Crippen LogP) is 1.22. The first-order valence-corrected chi connectivity index (χ1v) is 11.3. The van der Waals surface area contributed by atoms with Gasteiger partial charge in [0, 0.05) is 0 Å². The molecule has 0 bridgehead atoms. The van der Waals surface area contributed by atoms with Crippen molar-refractivity contribution < 1.29 is 9.59 Å². The molecule has 20 heavy (non-hydrogen) atoms. The van der Waals surface area contributed by atoms with Gasteiger partial charge in [0.15, 0.2) is 0 Å². The van der Waals surface area contributed by atoms with E-state index in [4.69, 9.17) is 0 Å². The van der Waals surface area contributed by atoms with E-state index in [2.05, 4.69) is 11.6 Å². The maximum absolute atomic E-state index is 12.9. The van der Waals surface area contributed by atoms with Crippen LogP contribution in [0.4, 0.5) is 0 Å². The van der Waals surface area contributed by atoms with Gasteiger partial charge in [-0.1, -0.05) is 0 Å². The molecule has 0 spiro atoms. The van der Waals surface area contributed by atoms with Crippen molar-refractivity contribution in [2.24, 2.45) is 0 Å². The van der Waals surface area contributed by atoms with Crippen molar-refractivity contribution in [2.75, 3.05) is 0 Å². The van der Waals surface area contributed by atoms with Gasteiger partial charge in [-0.05, 0) is 0 Å². The normalized spacial score (nSPS) is 13.1. The zero-order chi connectivity index (χ0) is 14.3. The Hall–Kier alpha value is -1.18. The Labute approximate surface area is 130 Å². The second-order valence-electron chi connectivity index (χ2n) is 4.42. The average molecular weight is 394 g/mol. The van der Waals surface area contributed by atoms with Crippen molar-refractivity contribution in [3.05, 3.63) is 58.7 Å². The zero-order valence-electron chi connectivity index (χ0n) is 11.1. The summed E-state index contributed by atoms with van der Waals surface area (Å²) in [5.41, 5.74) is 2.43. The number of fused-ring (bicyclic) bond motifs is 2. The molecule has 100 valence electrons. The quantitative estimate of drug-likeness (QED) is 0.613. The molecule has 0 N–H and O–H groups in total. The number of benzene rings is 2. The second-order valence-corrected chi connectivity index (χ2v) is 7.98. The Morgan fingerprint density at radius 2 is 1.15 bits per heavy atom. The molecule has 0 heterocycles. The van der Waals surface area contributed by atoms with Crippen molar-refractivity contribution in [3.63, 3.8) is 0 Å². The summed E-state index contributed by atoms with van der Waals surface area (Å²) in [7, 11) is 0. The van der Waals surface area contributed by atoms with Crippen molar-refractivity contribution in [1.82, 2.24) is 0 Å². The van der Waals surface area contributed by atoms with Crippen LogP contribution >= 0.6 is 0 Å². The second kappa shape index (κ2) is 5.31. The Balaban J connectivity index is 2.34. The molecular formula is C16H12O2Se2. The van der Waals surface area contributed by atoms with Crippen LogP contribution in [0.1, 0.15) is 31.8 Å². The fourth-order valence-electron chi connectivity index (χ4n) is 2.52. The molecule has 2 nitrogen and oxygen atoms in total. The average Bonchev–Trinajstić information content (AvgIpc) is 2.50. The monoisotopic (exact) mass is 396 g/mol. The number of carbonyl (C=O) groups is 2. The predicted molar refractivity (Wildman–Crippen MR) is 82.3 cm³/mol. The van der Waals surface area contributed by atoms with E-state index in [0.29, 0.717) is 22.3 Å². The molecule has 0 aliphatic heterocycles. The van der Waals surface area contributed by atoms with Crippen molar-refractivity contribution in [2.45, 2.75) is 11.6 Å². The Morgan fingerprint density at radius 1 is 0.700 bits per heavy atom. The van der Waals surface area contributed by atoms with E-state index in [1.165, 1.54) is 0 Å². The number of hydrogen-bond donors (Lipinski definition) is 0. The van der Waals surface area contributed by atoms with Gasteiger partial charge in [0.2, 0.25) is 0 Å². The summed E-state index contributed by atoms with van der Waals surface area (Å²) < 4.78 is 2.05.